The Morgan fingerprint density at radius 2 is 1.97 bits per heavy atom. The van der Waals surface area contributed by atoms with Crippen LogP contribution in [0.15, 0.2) is 72.6 Å². The van der Waals surface area contributed by atoms with E-state index in [0.717, 1.165) is 49.5 Å². The third-order valence-corrected chi connectivity index (χ3v) is 6.70. The van der Waals surface area contributed by atoms with Crippen LogP contribution in [-0.2, 0) is 4.74 Å². The summed E-state index contributed by atoms with van der Waals surface area (Å²) in [6.07, 6.45) is 4.46. The summed E-state index contributed by atoms with van der Waals surface area (Å²) >= 11 is 0. The van der Waals surface area contributed by atoms with Gasteiger partial charge in [0.05, 0.1) is 30.7 Å². The van der Waals surface area contributed by atoms with Crippen LogP contribution >= 0.6 is 0 Å². The van der Waals surface area contributed by atoms with Gasteiger partial charge in [-0.2, -0.15) is 0 Å². The highest BCUT2D eigenvalue weighted by molar-refractivity contribution is 5.79. The third kappa shape index (κ3) is 6.62. The molecule has 204 valence electrons. The summed E-state index contributed by atoms with van der Waals surface area (Å²) in [6.45, 7) is 7.75. The molecule has 0 spiro atoms. The summed E-state index contributed by atoms with van der Waals surface area (Å²) in [4.78, 5) is 12.9. The molecule has 0 bridgehead atoms. The topological polar surface area (TPSA) is 115 Å². The Morgan fingerprint density at radius 1 is 1.18 bits per heavy atom. The van der Waals surface area contributed by atoms with Crippen LogP contribution in [0, 0.1) is 5.82 Å². The second kappa shape index (κ2) is 12.1. The molecule has 11 heteroatoms. The molecule has 1 aromatic heterocycles. The van der Waals surface area contributed by atoms with Crippen LogP contribution in [0.1, 0.15) is 12.8 Å². The Morgan fingerprint density at radius 3 is 2.72 bits per heavy atom. The van der Waals surface area contributed by atoms with E-state index >= 15 is 0 Å². The second-order valence-corrected chi connectivity index (χ2v) is 9.46. The van der Waals surface area contributed by atoms with Crippen molar-refractivity contribution >= 4 is 29.0 Å². The van der Waals surface area contributed by atoms with Crippen molar-refractivity contribution in [2.24, 2.45) is 10.8 Å². The first-order chi connectivity index (χ1) is 19.0. The molecule has 1 atom stereocenters. The van der Waals surface area contributed by atoms with Crippen LogP contribution in [-0.4, -0.2) is 71.4 Å². The number of aliphatic hydroxyl groups is 1. The quantitative estimate of drug-likeness (QED) is 0.239. The average Bonchev–Trinajstić information content (AvgIpc) is 2.96. The summed E-state index contributed by atoms with van der Waals surface area (Å²) in [5, 5.41) is 19.2. The predicted octanol–water partition coefficient (Wildman–Crippen LogP) is 3.50. The van der Waals surface area contributed by atoms with Crippen LogP contribution in [0.25, 0.3) is 11.3 Å². The minimum Gasteiger partial charge on any atom is -0.391 e. The lowest BCUT2D eigenvalue weighted by Crippen LogP contribution is -2.46. The third-order valence-electron chi connectivity index (χ3n) is 6.70. The largest absolute Gasteiger partial charge is 0.391 e. The van der Waals surface area contributed by atoms with Crippen LogP contribution in [0.3, 0.4) is 0 Å². The fraction of sp³-hybridized carbons (Fsp3) is 0.321. The predicted molar refractivity (Wildman–Crippen MR) is 151 cm³/mol. The molecule has 2 aliphatic rings. The Hall–Kier alpha value is -4.22. The van der Waals surface area contributed by atoms with E-state index in [1.165, 1.54) is 12.1 Å². The first-order valence-electron chi connectivity index (χ1n) is 13.0. The summed E-state index contributed by atoms with van der Waals surface area (Å²) in [6, 6.07) is 14.2. The van der Waals surface area contributed by atoms with Gasteiger partial charge in [-0.1, -0.05) is 6.58 Å². The number of ether oxygens (including phenoxy) is 1. The van der Waals surface area contributed by atoms with Gasteiger partial charge in [0, 0.05) is 55.5 Å². The fourth-order valence-corrected chi connectivity index (χ4v) is 4.67. The lowest BCUT2D eigenvalue weighted by Gasteiger charge is -2.31. The minimum atomic E-state index is -0.400. The summed E-state index contributed by atoms with van der Waals surface area (Å²) < 4.78 is 19.9. The number of anilines is 4. The van der Waals surface area contributed by atoms with E-state index in [1.807, 2.05) is 35.2 Å². The number of nitrogens with zero attached hydrogens (tertiary/aromatic N) is 6. The highest BCUT2D eigenvalue weighted by Crippen LogP contribution is 2.27. The van der Waals surface area contributed by atoms with Gasteiger partial charge < -0.3 is 30.7 Å². The Labute approximate surface area is 227 Å². The van der Waals surface area contributed by atoms with Gasteiger partial charge in [-0.15, -0.1) is 5.10 Å². The number of likely N-dealkylation sites (tertiary alicyclic amines) is 1. The van der Waals surface area contributed by atoms with Gasteiger partial charge in [-0.05, 0) is 61.4 Å². The number of nitrogens with two attached hydrogens (primary N) is 1. The Bertz CT molecular complexity index is 1310. The van der Waals surface area contributed by atoms with Gasteiger partial charge in [-0.25, -0.2) is 19.4 Å². The molecule has 10 nitrogen and oxygen atoms in total. The Kier molecular flexibility index (Phi) is 8.18. The van der Waals surface area contributed by atoms with Crippen molar-refractivity contribution in [2.45, 2.75) is 18.9 Å². The molecular weight excluding hydrogens is 499 g/mol. The zero-order valence-corrected chi connectivity index (χ0v) is 21.7. The first kappa shape index (κ1) is 26.4. The number of morpholine rings is 1. The number of benzene rings is 2. The maximum absolute atomic E-state index is 14.5. The number of guanidine groups is 1. The van der Waals surface area contributed by atoms with E-state index < -0.39 is 6.10 Å². The molecule has 0 saturated carbocycles. The van der Waals surface area contributed by atoms with Crippen molar-refractivity contribution in [3.05, 3.63) is 73.3 Å². The molecule has 3 heterocycles. The highest BCUT2D eigenvalue weighted by atomic mass is 19.1. The molecule has 39 heavy (non-hydrogen) atoms. The molecule has 0 aliphatic carbocycles. The fourth-order valence-electron chi connectivity index (χ4n) is 4.67. The number of hydrogen-bond donors (Lipinski definition) is 3. The van der Waals surface area contributed by atoms with Crippen molar-refractivity contribution in [2.75, 3.05) is 54.6 Å². The standard InChI is InChI=1S/C28H33FN8O2/c1-2-37(34-27(30)36-11-3-4-25(38)19-36)23-7-5-22(6-8-23)32-28-31-10-9-26(33-28)20-16-21(29)18-24(17-20)35-12-14-39-15-13-35/h2,5-10,16-18,25,38H,1,3-4,11-15,19H2,(H2,30,34)(H,31,32,33). The van der Waals surface area contributed by atoms with Gasteiger partial charge >= 0.3 is 0 Å². The zero-order valence-electron chi connectivity index (χ0n) is 21.7. The van der Waals surface area contributed by atoms with Gasteiger partial charge in [0.25, 0.3) is 0 Å². The van der Waals surface area contributed by atoms with Crippen molar-refractivity contribution in [1.29, 1.82) is 0 Å². The van der Waals surface area contributed by atoms with Crippen molar-refractivity contribution in [1.82, 2.24) is 14.9 Å². The summed E-state index contributed by atoms with van der Waals surface area (Å²) in [7, 11) is 0. The average molecular weight is 533 g/mol. The van der Waals surface area contributed by atoms with Gasteiger partial charge in [0.1, 0.15) is 5.82 Å². The van der Waals surface area contributed by atoms with Crippen LogP contribution in [0.4, 0.5) is 27.4 Å². The minimum absolute atomic E-state index is 0.316. The van der Waals surface area contributed by atoms with E-state index in [-0.39, 0.29) is 5.82 Å². The van der Waals surface area contributed by atoms with E-state index in [2.05, 4.69) is 31.9 Å². The summed E-state index contributed by atoms with van der Waals surface area (Å²) in [5.41, 5.74) is 9.83. The molecular formula is C28H33FN8O2. The molecule has 0 amide bonds. The second-order valence-electron chi connectivity index (χ2n) is 9.46. The molecule has 2 fully saturated rings. The van der Waals surface area contributed by atoms with E-state index in [1.54, 1.807) is 23.5 Å². The van der Waals surface area contributed by atoms with Crippen molar-refractivity contribution < 1.29 is 14.2 Å². The monoisotopic (exact) mass is 532 g/mol. The number of aromatic nitrogens is 2. The van der Waals surface area contributed by atoms with Crippen LogP contribution in [0.5, 0.6) is 0 Å². The smallest absolute Gasteiger partial charge is 0.227 e. The van der Waals surface area contributed by atoms with Crippen LogP contribution < -0.4 is 21.0 Å². The van der Waals surface area contributed by atoms with Crippen molar-refractivity contribution in [3.63, 3.8) is 0 Å². The van der Waals surface area contributed by atoms with Gasteiger partial charge in [0.15, 0.2) is 0 Å². The van der Waals surface area contributed by atoms with E-state index in [9.17, 15) is 9.50 Å². The number of halogens is 1. The maximum Gasteiger partial charge on any atom is 0.227 e. The number of β-amino-alcohol motifs (C(OH)–C–C–N with tert-alkyl or cyclic N) is 1. The molecule has 2 saturated heterocycles. The molecule has 1 unspecified atom stereocenters. The molecule has 0 radical (unpaired) electrons. The lowest BCUT2D eigenvalue weighted by molar-refractivity contribution is 0.102. The van der Waals surface area contributed by atoms with Gasteiger partial charge in [-0.3, -0.25) is 0 Å². The van der Waals surface area contributed by atoms with Crippen LogP contribution in [0.2, 0.25) is 0 Å². The van der Waals surface area contributed by atoms with E-state index in [0.29, 0.717) is 42.9 Å². The number of piperidine rings is 1. The zero-order chi connectivity index (χ0) is 27.2. The SMILES string of the molecule is C=CN(/N=C(\N)N1CCCC(O)C1)c1ccc(Nc2nccc(-c3cc(F)cc(N4CCOCC4)c3)n2)cc1. The summed E-state index contributed by atoms with van der Waals surface area (Å²) in [5.74, 6) is 0.406. The molecule has 5 rings (SSSR count). The first-order valence-corrected chi connectivity index (χ1v) is 13.0. The normalized spacial score (nSPS) is 18.1. The lowest BCUT2D eigenvalue weighted by atomic mass is 10.1. The highest BCUT2D eigenvalue weighted by Gasteiger charge is 2.20. The number of nitrogens with one attached hydrogen (secondary N) is 1. The van der Waals surface area contributed by atoms with E-state index in [4.69, 9.17) is 10.5 Å². The number of aliphatic hydroxyl groups excluding tert-OH is 1. The molecule has 3 aromatic rings. The number of hydrogen-bond acceptors (Lipinski definition) is 8. The molecule has 2 aromatic carbocycles. The molecule has 4 N–H and O–H groups in total. The maximum atomic E-state index is 14.5. The molecule has 2 aliphatic heterocycles. The Balaban J connectivity index is 1.29. The number of rotatable bonds is 7. The number of hydrazone groups is 1. The van der Waals surface area contributed by atoms with Crippen molar-refractivity contribution in [3.8, 4) is 11.3 Å². The van der Waals surface area contributed by atoms with Gasteiger partial charge in [0.2, 0.25) is 11.9 Å².